The van der Waals surface area contributed by atoms with E-state index in [2.05, 4.69) is 5.32 Å². The van der Waals surface area contributed by atoms with Crippen LogP contribution in [0.4, 0.5) is 10.5 Å². The number of urea groups is 1. The van der Waals surface area contributed by atoms with Gasteiger partial charge in [-0.25, -0.2) is 4.79 Å². The van der Waals surface area contributed by atoms with Gasteiger partial charge in [0.05, 0.1) is 24.3 Å². The molecule has 0 aliphatic heterocycles. The molecule has 1 rings (SSSR count). The molecule has 6 heteroatoms. The zero-order chi connectivity index (χ0) is 13.5. The molecule has 0 saturated carbocycles. The topological polar surface area (TPSA) is 67.6 Å². The van der Waals surface area contributed by atoms with Crippen LogP contribution in [0.1, 0.15) is 6.92 Å². The summed E-state index contributed by atoms with van der Waals surface area (Å²) in [5.74, 6) is 0.609. The van der Waals surface area contributed by atoms with Crippen LogP contribution in [0.3, 0.4) is 0 Å². The number of ether oxygens (including phenoxy) is 1. The molecule has 1 aromatic carbocycles. The molecule has 3 N–H and O–H groups in total. The average molecular weight is 267 g/mol. The van der Waals surface area contributed by atoms with E-state index in [1.54, 1.807) is 19.2 Å². The fourth-order valence-corrected chi connectivity index (χ4v) is 1.61. The van der Waals surface area contributed by atoms with Crippen molar-refractivity contribution in [2.75, 3.05) is 25.5 Å². The third-order valence-electron chi connectivity index (χ3n) is 2.36. The van der Waals surface area contributed by atoms with Crippen molar-refractivity contribution in [2.24, 2.45) is 5.73 Å². The molecule has 5 nitrogen and oxygen atoms in total. The van der Waals surface area contributed by atoms with Gasteiger partial charge in [0.25, 0.3) is 0 Å². The maximum atomic E-state index is 12.0. The first kappa shape index (κ1) is 14.2. The summed E-state index contributed by atoms with van der Waals surface area (Å²) in [6.07, 6.45) is 0. The monoisotopic (exact) mass is 267 g/mol. The molecule has 0 radical (unpaired) electrons. The SMILES string of the molecule is CCN(CC(N)=S)C(=O)Nc1ccccc1OC. The highest BCUT2D eigenvalue weighted by molar-refractivity contribution is 7.80. The molecule has 0 unspecified atom stereocenters. The Morgan fingerprint density at radius 1 is 1.50 bits per heavy atom. The van der Waals surface area contributed by atoms with Crippen molar-refractivity contribution in [3.05, 3.63) is 24.3 Å². The van der Waals surface area contributed by atoms with Gasteiger partial charge in [-0.15, -0.1) is 0 Å². The van der Waals surface area contributed by atoms with Crippen LogP contribution in [0.5, 0.6) is 5.75 Å². The van der Waals surface area contributed by atoms with Gasteiger partial charge >= 0.3 is 6.03 Å². The number of rotatable bonds is 5. The Kier molecular flexibility index (Phi) is 5.38. The van der Waals surface area contributed by atoms with E-state index >= 15 is 0 Å². The van der Waals surface area contributed by atoms with Crippen molar-refractivity contribution in [3.63, 3.8) is 0 Å². The zero-order valence-electron chi connectivity index (χ0n) is 10.5. The van der Waals surface area contributed by atoms with E-state index in [1.807, 2.05) is 19.1 Å². The number of benzene rings is 1. The lowest BCUT2D eigenvalue weighted by Gasteiger charge is -2.21. The van der Waals surface area contributed by atoms with Crippen molar-refractivity contribution in [3.8, 4) is 5.75 Å². The lowest BCUT2D eigenvalue weighted by atomic mass is 10.3. The summed E-state index contributed by atoms with van der Waals surface area (Å²) in [6, 6.07) is 6.95. The van der Waals surface area contributed by atoms with Crippen LogP contribution >= 0.6 is 12.2 Å². The number of thiocarbonyl (C=S) groups is 1. The number of anilines is 1. The predicted molar refractivity (Wildman–Crippen MR) is 76.0 cm³/mol. The van der Waals surface area contributed by atoms with Crippen LogP contribution in [-0.4, -0.2) is 36.1 Å². The van der Waals surface area contributed by atoms with Crippen LogP contribution in [0.2, 0.25) is 0 Å². The maximum absolute atomic E-state index is 12.0. The number of para-hydroxylation sites is 2. The highest BCUT2D eigenvalue weighted by Gasteiger charge is 2.14. The van der Waals surface area contributed by atoms with Crippen molar-refractivity contribution in [2.45, 2.75) is 6.92 Å². The second-order valence-electron chi connectivity index (χ2n) is 3.61. The van der Waals surface area contributed by atoms with Gasteiger partial charge in [-0.2, -0.15) is 0 Å². The van der Waals surface area contributed by atoms with Crippen LogP contribution in [0.25, 0.3) is 0 Å². The Morgan fingerprint density at radius 3 is 2.72 bits per heavy atom. The molecule has 0 heterocycles. The van der Waals surface area contributed by atoms with E-state index in [4.69, 9.17) is 22.7 Å². The van der Waals surface area contributed by atoms with E-state index in [0.717, 1.165) is 0 Å². The van der Waals surface area contributed by atoms with E-state index in [1.165, 1.54) is 4.90 Å². The average Bonchev–Trinajstić information content (AvgIpc) is 2.36. The number of nitrogens with two attached hydrogens (primary N) is 1. The third kappa shape index (κ3) is 3.89. The van der Waals surface area contributed by atoms with E-state index in [0.29, 0.717) is 18.0 Å². The fraction of sp³-hybridized carbons (Fsp3) is 0.333. The molecule has 1 aromatic rings. The van der Waals surface area contributed by atoms with Crippen molar-refractivity contribution in [1.82, 2.24) is 4.90 Å². The molecular formula is C12H17N3O2S. The minimum Gasteiger partial charge on any atom is -0.495 e. The lowest BCUT2D eigenvalue weighted by molar-refractivity contribution is 0.221. The normalized spacial score (nSPS) is 9.67. The van der Waals surface area contributed by atoms with Crippen molar-refractivity contribution >= 4 is 28.9 Å². The Bertz CT molecular complexity index is 437. The molecule has 0 aromatic heterocycles. The Hall–Kier alpha value is -1.82. The number of nitrogens with one attached hydrogen (secondary N) is 1. The first-order chi connectivity index (χ1) is 8.58. The molecular weight excluding hydrogens is 250 g/mol. The quantitative estimate of drug-likeness (QED) is 0.799. The maximum Gasteiger partial charge on any atom is 0.322 e. The zero-order valence-corrected chi connectivity index (χ0v) is 11.3. The summed E-state index contributed by atoms with van der Waals surface area (Å²) in [5.41, 5.74) is 6.06. The van der Waals surface area contributed by atoms with Crippen LogP contribution in [0.15, 0.2) is 24.3 Å². The summed E-state index contributed by atoms with van der Waals surface area (Å²) < 4.78 is 5.16. The minimum atomic E-state index is -0.255. The second-order valence-corrected chi connectivity index (χ2v) is 4.14. The number of amides is 2. The highest BCUT2D eigenvalue weighted by atomic mass is 32.1. The van der Waals surface area contributed by atoms with Gasteiger partial charge in [0.15, 0.2) is 0 Å². The standard InChI is InChI=1S/C12H17N3O2S/c1-3-15(8-11(13)18)12(16)14-9-6-4-5-7-10(9)17-2/h4-7H,3,8H2,1-2H3,(H2,13,18)(H,14,16). The molecule has 0 atom stereocenters. The summed E-state index contributed by atoms with van der Waals surface area (Å²) in [6.45, 7) is 2.64. The Balaban J connectivity index is 2.76. The first-order valence-electron chi connectivity index (χ1n) is 5.55. The van der Waals surface area contributed by atoms with Crippen molar-refractivity contribution < 1.29 is 9.53 Å². The van der Waals surface area contributed by atoms with Gasteiger partial charge in [0, 0.05) is 6.54 Å². The van der Waals surface area contributed by atoms with E-state index in [-0.39, 0.29) is 17.6 Å². The molecule has 0 saturated heterocycles. The van der Waals surface area contributed by atoms with Gasteiger partial charge < -0.3 is 20.7 Å². The molecule has 0 fully saturated rings. The number of hydrogen-bond acceptors (Lipinski definition) is 3. The number of methoxy groups -OCH3 is 1. The van der Waals surface area contributed by atoms with Crippen molar-refractivity contribution in [1.29, 1.82) is 0 Å². The molecule has 18 heavy (non-hydrogen) atoms. The smallest absolute Gasteiger partial charge is 0.322 e. The number of nitrogens with zero attached hydrogens (tertiary/aromatic N) is 1. The molecule has 0 aliphatic carbocycles. The summed E-state index contributed by atoms with van der Waals surface area (Å²) in [4.78, 5) is 13.8. The summed E-state index contributed by atoms with van der Waals surface area (Å²) in [7, 11) is 1.55. The largest absolute Gasteiger partial charge is 0.495 e. The van der Waals surface area contributed by atoms with Crippen LogP contribution in [-0.2, 0) is 0 Å². The van der Waals surface area contributed by atoms with E-state index < -0.39 is 0 Å². The number of carbonyl (C=O) groups is 1. The summed E-state index contributed by atoms with van der Waals surface area (Å²) in [5, 5.41) is 2.76. The predicted octanol–water partition coefficient (Wildman–Crippen LogP) is 1.84. The minimum absolute atomic E-state index is 0.255. The Morgan fingerprint density at radius 2 is 2.17 bits per heavy atom. The Labute approximate surface area is 112 Å². The summed E-state index contributed by atoms with van der Waals surface area (Å²) >= 11 is 4.80. The number of carbonyl (C=O) groups excluding carboxylic acids is 1. The fourth-order valence-electron chi connectivity index (χ4n) is 1.46. The van der Waals surface area contributed by atoms with Gasteiger partial charge in [0.1, 0.15) is 5.75 Å². The number of hydrogen-bond donors (Lipinski definition) is 2. The van der Waals surface area contributed by atoms with Gasteiger partial charge in [-0.1, -0.05) is 24.4 Å². The van der Waals surface area contributed by atoms with Gasteiger partial charge in [0.2, 0.25) is 0 Å². The van der Waals surface area contributed by atoms with Crippen LogP contribution < -0.4 is 15.8 Å². The third-order valence-corrected chi connectivity index (χ3v) is 2.49. The lowest BCUT2D eigenvalue weighted by Crippen LogP contribution is -2.40. The second kappa shape index (κ2) is 6.80. The molecule has 0 aliphatic rings. The number of likely N-dealkylation sites (N-methyl/N-ethyl adjacent to an activating group) is 1. The first-order valence-corrected chi connectivity index (χ1v) is 5.96. The van der Waals surface area contributed by atoms with Crippen LogP contribution in [0, 0.1) is 0 Å². The molecule has 0 bridgehead atoms. The van der Waals surface area contributed by atoms with E-state index in [9.17, 15) is 4.79 Å². The van der Waals surface area contributed by atoms with Gasteiger partial charge in [-0.05, 0) is 19.1 Å². The molecule has 98 valence electrons. The molecule has 2 amide bonds. The highest BCUT2D eigenvalue weighted by Crippen LogP contribution is 2.23. The molecule has 0 spiro atoms. The van der Waals surface area contributed by atoms with Gasteiger partial charge in [-0.3, -0.25) is 0 Å².